The molecule has 1 aliphatic carbocycles. The van der Waals surface area contributed by atoms with Crippen LogP contribution in [0, 0.1) is 5.82 Å². The SMILES string of the molecule is Fc1ccc(C2CCCC(Nc3ccn4ncc(Br)c4n3)C2)cc1. The maximum Gasteiger partial charge on any atom is 0.171 e. The maximum absolute atomic E-state index is 13.1. The van der Waals surface area contributed by atoms with E-state index in [0.29, 0.717) is 12.0 Å². The van der Waals surface area contributed by atoms with Crippen LogP contribution in [0.25, 0.3) is 5.65 Å². The first-order chi connectivity index (χ1) is 11.7. The summed E-state index contributed by atoms with van der Waals surface area (Å²) in [6, 6.07) is 9.27. The lowest BCUT2D eigenvalue weighted by atomic mass is 9.81. The molecular formula is C18H18BrFN4. The third-order valence-electron chi connectivity index (χ3n) is 4.69. The Hall–Kier alpha value is -1.95. The normalized spacial score (nSPS) is 21.1. The summed E-state index contributed by atoms with van der Waals surface area (Å²) in [5.41, 5.74) is 2.04. The molecule has 1 fully saturated rings. The molecule has 2 unspecified atom stereocenters. The smallest absolute Gasteiger partial charge is 0.171 e. The first-order valence-electron chi connectivity index (χ1n) is 8.21. The van der Waals surface area contributed by atoms with Crippen molar-refractivity contribution in [1.82, 2.24) is 14.6 Å². The third-order valence-corrected chi connectivity index (χ3v) is 5.25. The molecule has 1 saturated carbocycles. The molecule has 0 spiro atoms. The average Bonchev–Trinajstić information content (AvgIpc) is 2.97. The van der Waals surface area contributed by atoms with Gasteiger partial charge in [-0.05, 0) is 64.9 Å². The second kappa shape index (κ2) is 6.51. The van der Waals surface area contributed by atoms with Crippen molar-refractivity contribution < 1.29 is 4.39 Å². The fourth-order valence-corrected chi connectivity index (χ4v) is 3.85. The van der Waals surface area contributed by atoms with Gasteiger partial charge in [0.15, 0.2) is 5.65 Å². The summed E-state index contributed by atoms with van der Waals surface area (Å²) in [6.07, 6.45) is 8.15. The van der Waals surface area contributed by atoms with Crippen LogP contribution in [0.4, 0.5) is 10.2 Å². The third kappa shape index (κ3) is 3.15. The summed E-state index contributed by atoms with van der Waals surface area (Å²) in [6.45, 7) is 0. The standard InChI is InChI=1S/C18H18BrFN4/c19-16-11-21-24-9-8-17(23-18(16)24)22-15-3-1-2-13(10-15)12-4-6-14(20)7-5-12/h4-9,11,13,15H,1-3,10H2,(H,22,23). The highest BCUT2D eigenvalue weighted by Gasteiger charge is 2.23. The van der Waals surface area contributed by atoms with Crippen molar-refractivity contribution in [1.29, 1.82) is 0 Å². The Kier molecular flexibility index (Phi) is 4.22. The van der Waals surface area contributed by atoms with E-state index in [4.69, 9.17) is 0 Å². The molecule has 0 bridgehead atoms. The summed E-state index contributed by atoms with van der Waals surface area (Å²) in [7, 11) is 0. The molecule has 1 N–H and O–H groups in total. The lowest BCUT2D eigenvalue weighted by Gasteiger charge is -2.30. The first kappa shape index (κ1) is 15.6. The lowest BCUT2D eigenvalue weighted by molar-refractivity contribution is 0.409. The summed E-state index contributed by atoms with van der Waals surface area (Å²) in [5.74, 6) is 1.17. The van der Waals surface area contributed by atoms with Gasteiger partial charge in [-0.2, -0.15) is 5.10 Å². The molecule has 0 aliphatic heterocycles. The molecule has 2 aromatic heterocycles. The summed E-state index contributed by atoms with van der Waals surface area (Å²) in [4.78, 5) is 4.63. The average molecular weight is 389 g/mol. The number of anilines is 1. The van der Waals surface area contributed by atoms with Gasteiger partial charge in [-0.25, -0.2) is 13.9 Å². The van der Waals surface area contributed by atoms with E-state index in [1.165, 1.54) is 12.0 Å². The van der Waals surface area contributed by atoms with Gasteiger partial charge >= 0.3 is 0 Å². The molecular weight excluding hydrogens is 371 g/mol. The summed E-state index contributed by atoms with van der Waals surface area (Å²) in [5, 5.41) is 7.77. The van der Waals surface area contributed by atoms with E-state index >= 15 is 0 Å². The fraction of sp³-hybridized carbons (Fsp3) is 0.333. The van der Waals surface area contributed by atoms with E-state index in [9.17, 15) is 4.39 Å². The van der Waals surface area contributed by atoms with Gasteiger partial charge in [0, 0.05) is 12.2 Å². The molecule has 4 rings (SSSR count). The minimum atomic E-state index is -0.173. The minimum absolute atomic E-state index is 0.173. The predicted octanol–water partition coefficient (Wildman–Crippen LogP) is 4.77. The molecule has 3 aromatic rings. The zero-order valence-electron chi connectivity index (χ0n) is 13.1. The molecule has 2 heterocycles. The van der Waals surface area contributed by atoms with Crippen molar-refractivity contribution in [2.45, 2.75) is 37.6 Å². The zero-order chi connectivity index (χ0) is 16.5. The largest absolute Gasteiger partial charge is 0.367 e. The number of hydrogen-bond acceptors (Lipinski definition) is 3. The highest BCUT2D eigenvalue weighted by Crippen LogP contribution is 2.34. The minimum Gasteiger partial charge on any atom is -0.367 e. The molecule has 4 nitrogen and oxygen atoms in total. The number of rotatable bonds is 3. The number of nitrogens with zero attached hydrogens (tertiary/aromatic N) is 3. The molecule has 1 aromatic carbocycles. The van der Waals surface area contributed by atoms with Crippen molar-refractivity contribution in [3.05, 3.63) is 58.6 Å². The summed E-state index contributed by atoms with van der Waals surface area (Å²) < 4.78 is 15.8. The number of hydrogen-bond donors (Lipinski definition) is 1. The monoisotopic (exact) mass is 388 g/mol. The van der Waals surface area contributed by atoms with Gasteiger partial charge in [0.25, 0.3) is 0 Å². The topological polar surface area (TPSA) is 42.2 Å². The van der Waals surface area contributed by atoms with Crippen molar-refractivity contribution in [3.8, 4) is 0 Å². The number of halogens is 2. The van der Waals surface area contributed by atoms with Crippen LogP contribution in [0.1, 0.15) is 37.2 Å². The molecule has 0 radical (unpaired) electrons. The fourth-order valence-electron chi connectivity index (χ4n) is 3.49. The second-order valence-corrected chi connectivity index (χ2v) is 7.18. The Bertz CT molecular complexity index is 846. The summed E-state index contributed by atoms with van der Waals surface area (Å²) >= 11 is 3.47. The molecule has 124 valence electrons. The van der Waals surface area contributed by atoms with Crippen molar-refractivity contribution >= 4 is 27.4 Å². The van der Waals surface area contributed by atoms with Crippen LogP contribution >= 0.6 is 15.9 Å². The van der Waals surface area contributed by atoms with Crippen LogP contribution < -0.4 is 5.32 Å². The van der Waals surface area contributed by atoms with Crippen molar-refractivity contribution in [2.75, 3.05) is 5.32 Å². The molecule has 24 heavy (non-hydrogen) atoms. The van der Waals surface area contributed by atoms with Crippen LogP contribution in [-0.2, 0) is 0 Å². The highest BCUT2D eigenvalue weighted by molar-refractivity contribution is 9.10. The second-order valence-electron chi connectivity index (χ2n) is 6.33. The predicted molar refractivity (Wildman–Crippen MR) is 95.7 cm³/mol. The van der Waals surface area contributed by atoms with Gasteiger partial charge in [-0.15, -0.1) is 0 Å². The maximum atomic E-state index is 13.1. The lowest BCUT2D eigenvalue weighted by Crippen LogP contribution is -2.27. The Labute approximate surface area is 148 Å². The van der Waals surface area contributed by atoms with Gasteiger partial charge in [0.05, 0.1) is 10.7 Å². The van der Waals surface area contributed by atoms with E-state index in [1.807, 2.05) is 24.4 Å². The van der Waals surface area contributed by atoms with E-state index < -0.39 is 0 Å². The van der Waals surface area contributed by atoms with Crippen LogP contribution in [0.5, 0.6) is 0 Å². The Morgan fingerprint density at radius 3 is 2.83 bits per heavy atom. The van der Waals surface area contributed by atoms with E-state index in [2.05, 4.69) is 31.3 Å². The quantitative estimate of drug-likeness (QED) is 0.702. The van der Waals surface area contributed by atoms with Gasteiger partial charge in [0.1, 0.15) is 11.6 Å². The highest BCUT2D eigenvalue weighted by atomic mass is 79.9. The van der Waals surface area contributed by atoms with E-state index in [1.54, 1.807) is 22.8 Å². The van der Waals surface area contributed by atoms with E-state index in [0.717, 1.165) is 35.2 Å². The molecule has 6 heteroatoms. The van der Waals surface area contributed by atoms with Crippen LogP contribution in [0.2, 0.25) is 0 Å². The van der Waals surface area contributed by atoms with Gasteiger partial charge < -0.3 is 5.32 Å². The number of benzene rings is 1. The van der Waals surface area contributed by atoms with Crippen LogP contribution in [0.15, 0.2) is 47.2 Å². The van der Waals surface area contributed by atoms with Crippen LogP contribution in [-0.4, -0.2) is 20.6 Å². The van der Waals surface area contributed by atoms with Crippen molar-refractivity contribution in [2.24, 2.45) is 0 Å². The van der Waals surface area contributed by atoms with Gasteiger partial charge in [-0.1, -0.05) is 18.6 Å². The molecule has 0 amide bonds. The van der Waals surface area contributed by atoms with E-state index in [-0.39, 0.29) is 5.82 Å². The van der Waals surface area contributed by atoms with Crippen LogP contribution in [0.3, 0.4) is 0 Å². The zero-order valence-corrected chi connectivity index (χ0v) is 14.7. The van der Waals surface area contributed by atoms with Gasteiger partial charge in [-0.3, -0.25) is 0 Å². The van der Waals surface area contributed by atoms with Crippen molar-refractivity contribution in [3.63, 3.8) is 0 Å². The molecule has 0 saturated heterocycles. The Morgan fingerprint density at radius 1 is 1.17 bits per heavy atom. The number of aromatic nitrogens is 3. The van der Waals surface area contributed by atoms with Gasteiger partial charge in [0.2, 0.25) is 0 Å². The number of nitrogens with one attached hydrogen (secondary N) is 1. The number of fused-ring (bicyclic) bond motifs is 1. The molecule has 2 atom stereocenters. The Balaban J connectivity index is 1.49. The Morgan fingerprint density at radius 2 is 2.00 bits per heavy atom. The first-order valence-corrected chi connectivity index (χ1v) is 9.00. The molecule has 1 aliphatic rings.